The van der Waals surface area contributed by atoms with Crippen LogP contribution in [0.3, 0.4) is 0 Å². The molecule has 6 heteroatoms. The fourth-order valence-corrected chi connectivity index (χ4v) is 1.69. The number of aliphatic imine (C=N–C) groups is 1. The molecule has 3 N–H and O–H groups in total. The first-order valence-corrected chi connectivity index (χ1v) is 6.60. The van der Waals surface area contributed by atoms with Gasteiger partial charge >= 0.3 is 0 Å². The molecule has 1 aromatic carbocycles. The van der Waals surface area contributed by atoms with Crippen molar-refractivity contribution < 1.29 is 8.78 Å². The van der Waals surface area contributed by atoms with Crippen molar-refractivity contribution in [3.05, 3.63) is 35.4 Å². The number of nitrogens with two attached hydrogens (primary N) is 1. The van der Waals surface area contributed by atoms with Crippen LogP contribution in [-0.4, -0.2) is 19.0 Å². The molecular formula is C14H22F2IN3. The Morgan fingerprint density at radius 2 is 1.85 bits per heavy atom. The highest BCUT2D eigenvalue weighted by atomic mass is 127. The average molecular weight is 397 g/mol. The van der Waals surface area contributed by atoms with E-state index in [1.807, 2.05) is 0 Å². The molecule has 0 aliphatic rings. The first-order valence-electron chi connectivity index (χ1n) is 6.60. The number of halogens is 3. The maximum Gasteiger partial charge on any atom is 0.188 e. The summed E-state index contributed by atoms with van der Waals surface area (Å²) < 4.78 is 25.9. The molecule has 0 radical (unpaired) electrons. The minimum absolute atomic E-state index is 0. The Morgan fingerprint density at radius 1 is 1.20 bits per heavy atom. The van der Waals surface area contributed by atoms with E-state index in [2.05, 4.69) is 17.2 Å². The maximum absolute atomic E-state index is 12.9. The number of guanidine groups is 1. The Labute approximate surface area is 136 Å². The van der Waals surface area contributed by atoms with Gasteiger partial charge in [0.2, 0.25) is 0 Å². The van der Waals surface area contributed by atoms with Crippen LogP contribution < -0.4 is 11.1 Å². The lowest BCUT2D eigenvalue weighted by Gasteiger charge is -2.04. The summed E-state index contributed by atoms with van der Waals surface area (Å²) in [5.74, 6) is -0.655. The van der Waals surface area contributed by atoms with E-state index in [0.29, 0.717) is 30.9 Å². The van der Waals surface area contributed by atoms with Crippen molar-refractivity contribution in [1.82, 2.24) is 5.32 Å². The highest BCUT2D eigenvalue weighted by molar-refractivity contribution is 14.0. The van der Waals surface area contributed by atoms with Crippen LogP contribution in [0.5, 0.6) is 0 Å². The smallest absolute Gasteiger partial charge is 0.188 e. The molecule has 0 spiro atoms. The zero-order chi connectivity index (χ0) is 14.1. The molecule has 0 aromatic heterocycles. The van der Waals surface area contributed by atoms with Crippen LogP contribution >= 0.6 is 24.0 Å². The second-order valence-corrected chi connectivity index (χ2v) is 4.43. The summed E-state index contributed by atoms with van der Waals surface area (Å²) in [6, 6.07) is 3.56. The molecule has 1 aromatic rings. The average Bonchev–Trinajstić information content (AvgIpc) is 2.34. The van der Waals surface area contributed by atoms with E-state index in [4.69, 9.17) is 5.73 Å². The molecule has 0 unspecified atom stereocenters. The first-order chi connectivity index (χ1) is 9.11. The molecule has 114 valence electrons. The van der Waals surface area contributed by atoms with Crippen LogP contribution in [0.1, 0.15) is 31.7 Å². The number of benzene rings is 1. The van der Waals surface area contributed by atoms with E-state index in [1.54, 1.807) is 0 Å². The lowest BCUT2D eigenvalue weighted by Crippen LogP contribution is -2.32. The van der Waals surface area contributed by atoms with Gasteiger partial charge in [0.15, 0.2) is 5.96 Å². The molecule has 20 heavy (non-hydrogen) atoms. The molecule has 3 nitrogen and oxygen atoms in total. The third-order valence-electron chi connectivity index (χ3n) is 2.66. The summed E-state index contributed by atoms with van der Waals surface area (Å²) in [6.07, 6.45) is 3.45. The van der Waals surface area contributed by atoms with Gasteiger partial charge in [-0.15, -0.1) is 24.0 Å². The number of hydrogen-bond acceptors (Lipinski definition) is 1. The molecule has 0 heterocycles. The van der Waals surface area contributed by atoms with Gasteiger partial charge < -0.3 is 11.1 Å². The minimum Gasteiger partial charge on any atom is -0.370 e. The molecular weight excluding hydrogens is 375 g/mol. The van der Waals surface area contributed by atoms with Gasteiger partial charge in [-0.2, -0.15) is 0 Å². The van der Waals surface area contributed by atoms with Crippen LogP contribution in [0.25, 0.3) is 0 Å². The van der Waals surface area contributed by atoms with Gasteiger partial charge in [0.05, 0.1) is 0 Å². The second kappa shape index (κ2) is 10.8. The van der Waals surface area contributed by atoms with Crippen molar-refractivity contribution in [2.45, 2.75) is 32.6 Å². The molecule has 1 rings (SSSR count). The van der Waals surface area contributed by atoms with Crippen molar-refractivity contribution in [3.8, 4) is 0 Å². The summed E-state index contributed by atoms with van der Waals surface area (Å²) in [7, 11) is 0. The predicted molar refractivity (Wildman–Crippen MR) is 89.5 cm³/mol. The van der Waals surface area contributed by atoms with Crippen molar-refractivity contribution in [1.29, 1.82) is 0 Å². The monoisotopic (exact) mass is 397 g/mol. The van der Waals surface area contributed by atoms with Crippen LogP contribution in [0.4, 0.5) is 8.78 Å². The number of rotatable bonds is 7. The van der Waals surface area contributed by atoms with Gasteiger partial charge in [-0.25, -0.2) is 8.78 Å². The van der Waals surface area contributed by atoms with Crippen molar-refractivity contribution in [3.63, 3.8) is 0 Å². The highest BCUT2D eigenvalue weighted by Gasteiger charge is 2.00. The van der Waals surface area contributed by atoms with Crippen molar-refractivity contribution in [2.24, 2.45) is 10.7 Å². The van der Waals surface area contributed by atoms with Crippen LogP contribution in [-0.2, 0) is 6.42 Å². The molecule has 0 fully saturated rings. The van der Waals surface area contributed by atoms with Crippen LogP contribution in [0, 0.1) is 11.6 Å². The topological polar surface area (TPSA) is 50.4 Å². The van der Waals surface area contributed by atoms with Crippen LogP contribution in [0.15, 0.2) is 23.2 Å². The summed E-state index contributed by atoms with van der Waals surface area (Å²) in [6.45, 7) is 3.47. The van der Waals surface area contributed by atoms with Gasteiger partial charge in [-0.1, -0.05) is 13.3 Å². The summed E-state index contributed by atoms with van der Waals surface area (Å²) in [5.41, 5.74) is 6.30. The SMILES string of the molecule is CCCCNC(N)=NCCCc1cc(F)cc(F)c1.I. The number of hydrogen-bond donors (Lipinski definition) is 2. The van der Waals surface area contributed by atoms with Gasteiger partial charge in [0.25, 0.3) is 0 Å². The Kier molecular flexibility index (Phi) is 10.3. The Balaban J connectivity index is 0.00000361. The van der Waals surface area contributed by atoms with E-state index in [0.717, 1.165) is 25.5 Å². The standard InChI is InChI=1S/C14H21F2N3.HI/c1-2-3-6-18-14(17)19-7-4-5-11-8-12(15)10-13(16)9-11;/h8-10H,2-7H2,1H3,(H3,17,18,19);1H. The van der Waals surface area contributed by atoms with Gasteiger partial charge in [-0.3, -0.25) is 4.99 Å². The van der Waals surface area contributed by atoms with Crippen molar-refractivity contribution >= 4 is 29.9 Å². The Bertz CT molecular complexity index is 405. The van der Waals surface area contributed by atoms with E-state index in [1.165, 1.54) is 12.1 Å². The molecule has 0 saturated heterocycles. The number of nitrogens with zero attached hydrogens (tertiary/aromatic N) is 1. The number of unbranched alkanes of at least 4 members (excludes halogenated alkanes) is 1. The molecule has 0 aliphatic heterocycles. The first kappa shape index (κ1) is 19.1. The Hall–Kier alpha value is -0.920. The predicted octanol–water partition coefficient (Wildman–Crippen LogP) is 3.22. The molecule has 0 bridgehead atoms. The molecule has 0 atom stereocenters. The minimum atomic E-state index is -0.542. The van der Waals surface area contributed by atoms with E-state index >= 15 is 0 Å². The summed E-state index contributed by atoms with van der Waals surface area (Å²) >= 11 is 0. The zero-order valence-electron chi connectivity index (χ0n) is 11.7. The second-order valence-electron chi connectivity index (χ2n) is 4.43. The maximum atomic E-state index is 12.9. The fraction of sp³-hybridized carbons (Fsp3) is 0.500. The number of nitrogens with one attached hydrogen (secondary N) is 1. The lowest BCUT2D eigenvalue weighted by molar-refractivity contribution is 0.578. The summed E-state index contributed by atoms with van der Waals surface area (Å²) in [4.78, 5) is 4.15. The lowest BCUT2D eigenvalue weighted by atomic mass is 10.1. The van der Waals surface area contributed by atoms with E-state index in [-0.39, 0.29) is 24.0 Å². The molecule has 0 amide bonds. The third-order valence-corrected chi connectivity index (χ3v) is 2.66. The number of aryl methyl sites for hydroxylation is 1. The highest BCUT2D eigenvalue weighted by Crippen LogP contribution is 2.09. The largest absolute Gasteiger partial charge is 0.370 e. The molecule has 0 aliphatic carbocycles. The Morgan fingerprint density at radius 3 is 2.45 bits per heavy atom. The van der Waals surface area contributed by atoms with Crippen LogP contribution in [0.2, 0.25) is 0 Å². The van der Waals surface area contributed by atoms with Gasteiger partial charge in [0, 0.05) is 19.2 Å². The van der Waals surface area contributed by atoms with Gasteiger partial charge in [0.1, 0.15) is 11.6 Å². The fourth-order valence-electron chi connectivity index (χ4n) is 1.69. The quantitative estimate of drug-likeness (QED) is 0.321. The molecule has 0 saturated carbocycles. The van der Waals surface area contributed by atoms with E-state index < -0.39 is 11.6 Å². The summed E-state index contributed by atoms with van der Waals surface area (Å²) in [5, 5.41) is 3.01. The van der Waals surface area contributed by atoms with E-state index in [9.17, 15) is 8.78 Å². The van der Waals surface area contributed by atoms with Crippen molar-refractivity contribution in [2.75, 3.05) is 13.1 Å². The van der Waals surface area contributed by atoms with Gasteiger partial charge in [-0.05, 0) is 37.0 Å². The third kappa shape index (κ3) is 8.29. The normalized spacial score (nSPS) is 11.1. The zero-order valence-corrected chi connectivity index (χ0v) is 14.0.